The minimum atomic E-state index is -0.602. The molecule has 0 aliphatic heterocycles. The zero-order valence-electron chi connectivity index (χ0n) is 42.6. The molecule has 2 unspecified atom stereocenters. The minimum Gasteiger partial charge on any atom is -0.493 e. The highest BCUT2D eigenvalue weighted by molar-refractivity contribution is 5.71. The molecule has 0 saturated heterocycles. The van der Waals surface area contributed by atoms with Gasteiger partial charge in [0, 0.05) is 101 Å². The third-order valence-electron chi connectivity index (χ3n) is 10.6. The van der Waals surface area contributed by atoms with Crippen molar-refractivity contribution in [1.82, 2.24) is 40.3 Å². The van der Waals surface area contributed by atoms with Crippen molar-refractivity contribution in [3.8, 4) is 68.3 Å². The summed E-state index contributed by atoms with van der Waals surface area (Å²) < 4.78 is 40.2. The van der Waals surface area contributed by atoms with E-state index in [4.69, 9.17) is 53.1 Å². The van der Waals surface area contributed by atoms with Crippen molar-refractivity contribution >= 4 is 11.6 Å². The molecule has 5 N–H and O–H groups in total. The number of hydrogen-bond donors (Lipinski definition) is 5. The second kappa shape index (κ2) is 29.7. The molecule has 384 valence electrons. The van der Waals surface area contributed by atoms with Crippen molar-refractivity contribution in [2.45, 2.75) is 32.6 Å². The lowest BCUT2D eigenvalue weighted by molar-refractivity contribution is 0.108. The molecule has 0 aliphatic rings. The molecule has 3 aromatic carbocycles. The average molecular weight is 981 g/mol. The second-order valence-corrected chi connectivity index (χ2v) is 16.8. The number of nitrogens with one attached hydrogen (secondary N) is 3. The quantitative estimate of drug-likeness (QED) is 0.0364. The first kappa shape index (κ1) is 55.5. The lowest BCUT2D eigenvalue weighted by Gasteiger charge is -2.24. The summed E-state index contributed by atoms with van der Waals surface area (Å²) in [6.07, 6.45) is 2.66. The topological polar surface area (TPSA) is 214 Å². The number of hydrogen-bond acceptors (Lipinski definition) is 18. The third-order valence-corrected chi connectivity index (χ3v) is 10.6. The van der Waals surface area contributed by atoms with Crippen LogP contribution in [-0.4, -0.2) is 168 Å². The van der Waals surface area contributed by atoms with E-state index in [0.717, 1.165) is 46.0 Å². The van der Waals surface area contributed by atoms with Crippen molar-refractivity contribution < 1.29 is 43.4 Å². The molecule has 0 bridgehead atoms. The first-order valence-corrected chi connectivity index (χ1v) is 23.6. The number of ether oxygens (including phenoxy) is 7. The highest BCUT2D eigenvalue weighted by Gasteiger charge is 2.18. The number of benzene rings is 3. The van der Waals surface area contributed by atoms with Gasteiger partial charge in [0.25, 0.3) is 0 Å². The van der Waals surface area contributed by atoms with Crippen LogP contribution in [0.4, 0.5) is 11.6 Å². The molecular weight excluding hydrogens is 909 g/mol. The summed E-state index contributed by atoms with van der Waals surface area (Å²) in [5.41, 5.74) is 4.90. The highest BCUT2D eigenvalue weighted by atomic mass is 16.5. The summed E-state index contributed by atoms with van der Waals surface area (Å²) >= 11 is 0. The molecule has 3 heterocycles. The summed E-state index contributed by atoms with van der Waals surface area (Å²) in [6.45, 7) is 10.0. The molecule has 19 heteroatoms. The molecule has 2 atom stereocenters. The van der Waals surface area contributed by atoms with Gasteiger partial charge in [-0.05, 0) is 62.5 Å². The summed E-state index contributed by atoms with van der Waals surface area (Å²) in [6, 6.07) is 24.6. The number of methoxy groups -OCH3 is 5. The molecule has 0 fully saturated rings. The smallest absolute Gasteiger partial charge is 0.162 e. The minimum absolute atomic E-state index is 0.181. The Labute approximate surface area is 417 Å². The number of aromatic nitrogens is 6. The predicted molar refractivity (Wildman–Crippen MR) is 277 cm³/mol. The molecule has 3 aromatic heterocycles. The van der Waals surface area contributed by atoms with Gasteiger partial charge in [-0.3, -0.25) is 4.68 Å². The fraction of sp³-hybridized carbons (Fsp3) is 0.442. The van der Waals surface area contributed by atoms with Gasteiger partial charge in [-0.25, -0.2) is 19.9 Å². The normalized spacial score (nSPS) is 11.9. The van der Waals surface area contributed by atoms with Crippen LogP contribution in [0.25, 0.3) is 45.3 Å². The van der Waals surface area contributed by atoms with E-state index in [2.05, 4.69) is 39.8 Å². The van der Waals surface area contributed by atoms with Gasteiger partial charge < -0.3 is 64.2 Å². The van der Waals surface area contributed by atoms with E-state index >= 15 is 0 Å². The molecule has 0 aliphatic carbocycles. The summed E-state index contributed by atoms with van der Waals surface area (Å²) in [5.74, 6) is 5.57. The van der Waals surface area contributed by atoms with Gasteiger partial charge in [-0.2, -0.15) is 5.10 Å². The lowest BCUT2D eigenvalue weighted by atomic mass is 10.1. The maximum Gasteiger partial charge on any atom is 0.162 e. The van der Waals surface area contributed by atoms with Crippen LogP contribution in [0.3, 0.4) is 0 Å². The van der Waals surface area contributed by atoms with Crippen LogP contribution in [0.2, 0.25) is 0 Å². The van der Waals surface area contributed by atoms with Crippen LogP contribution in [0.1, 0.15) is 13.8 Å². The molecule has 0 saturated carbocycles. The summed E-state index contributed by atoms with van der Waals surface area (Å²) in [4.78, 5) is 21.5. The van der Waals surface area contributed by atoms with Crippen LogP contribution in [0.5, 0.6) is 23.0 Å². The van der Waals surface area contributed by atoms with Gasteiger partial charge in [0.2, 0.25) is 0 Å². The van der Waals surface area contributed by atoms with Gasteiger partial charge in [0.15, 0.2) is 23.1 Å². The number of likely N-dealkylation sites (N-methyl/N-ethyl adjacent to an activating group) is 2. The van der Waals surface area contributed by atoms with E-state index < -0.39 is 12.2 Å². The average Bonchev–Trinajstić information content (AvgIpc) is 3.85. The standard InChI is InChI=1S/C27H40N6O4.C25H32N4O5/c1-20(2)17-33-18-22(15-29-33)25-14-26(32(9-11-35-4)10-12-36-5)31-27(30-25)21-7-6-8-24(13-21)37-19-23(34)16-28-3;1-26-15-19(30)16-34-20-7-5-6-18(12-20)25-28-21(14-24(29-25)27-10-11-31-2)17-8-9-22(32-3)23(13-17)33-4/h6-8,13-15,18,20,23,28,34H,9-12,16-17,19H2,1-5H3;5-9,12-14,19,26,30H,10-11,15-16H2,1-4H3,(H,27,28,29). The maximum atomic E-state index is 10.0. The Bertz CT molecular complexity index is 2490. The summed E-state index contributed by atoms with van der Waals surface area (Å²) in [5, 5.41) is 33.6. The van der Waals surface area contributed by atoms with Gasteiger partial charge in [0.05, 0.1) is 51.6 Å². The summed E-state index contributed by atoms with van der Waals surface area (Å²) in [7, 11) is 11.8. The van der Waals surface area contributed by atoms with E-state index in [-0.39, 0.29) is 13.2 Å². The molecule has 0 spiro atoms. The van der Waals surface area contributed by atoms with Crippen LogP contribution in [0, 0.1) is 5.92 Å². The predicted octanol–water partition coefficient (Wildman–Crippen LogP) is 5.57. The van der Waals surface area contributed by atoms with Crippen molar-refractivity contribution in [1.29, 1.82) is 0 Å². The van der Waals surface area contributed by atoms with Crippen LogP contribution >= 0.6 is 0 Å². The van der Waals surface area contributed by atoms with Crippen LogP contribution in [-0.2, 0) is 20.8 Å². The van der Waals surface area contributed by atoms with E-state index in [1.54, 1.807) is 49.6 Å². The molecule has 6 rings (SSSR count). The molecule has 71 heavy (non-hydrogen) atoms. The second-order valence-electron chi connectivity index (χ2n) is 16.8. The highest BCUT2D eigenvalue weighted by Crippen LogP contribution is 2.34. The fourth-order valence-corrected chi connectivity index (χ4v) is 7.10. The molecule has 0 amide bonds. The first-order chi connectivity index (χ1) is 34.5. The Hall–Kier alpha value is -6.45. The first-order valence-electron chi connectivity index (χ1n) is 23.6. The Balaban J connectivity index is 0.000000265. The van der Waals surface area contributed by atoms with E-state index in [0.29, 0.717) is 98.9 Å². The Morgan fingerprint density at radius 3 is 1.75 bits per heavy atom. The van der Waals surface area contributed by atoms with E-state index in [9.17, 15) is 10.2 Å². The van der Waals surface area contributed by atoms with Gasteiger partial charge in [-0.15, -0.1) is 0 Å². The SMILES string of the molecule is CNCC(O)COc1cccc(-c2nc(-c3cnn(CC(C)C)c3)cc(N(CCOC)CCOC)n2)c1.CNCC(O)COc1cccc(-c2nc(NCCOC)cc(-c3ccc(OC)c(OC)c3)n2)c1. The van der Waals surface area contributed by atoms with Gasteiger partial charge in [0.1, 0.15) is 48.6 Å². The number of anilines is 2. The monoisotopic (exact) mass is 981 g/mol. The fourth-order valence-electron chi connectivity index (χ4n) is 7.10. The van der Waals surface area contributed by atoms with E-state index in [1.165, 1.54) is 0 Å². The Morgan fingerprint density at radius 1 is 0.620 bits per heavy atom. The largest absolute Gasteiger partial charge is 0.493 e. The van der Waals surface area contributed by atoms with Gasteiger partial charge >= 0.3 is 0 Å². The molecule has 19 nitrogen and oxygen atoms in total. The zero-order chi connectivity index (χ0) is 51.0. The number of nitrogens with zero attached hydrogens (tertiary/aromatic N) is 7. The van der Waals surface area contributed by atoms with Crippen molar-refractivity contribution in [3.05, 3.63) is 91.3 Å². The van der Waals surface area contributed by atoms with Gasteiger partial charge in [-0.1, -0.05) is 38.1 Å². The zero-order valence-corrected chi connectivity index (χ0v) is 42.6. The Morgan fingerprint density at radius 2 is 1.20 bits per heavy atom. The third kappa shape index (κ3) is 17.7. The number of aliphatic hydroxyl groups excluding tert-OH is 2. The molecular formula is C52H72N10O9. The maximum absolute atomic E-state index is 10.0. The van der Waals surface area contributed by atoms with Crippen molar-refractivity contribution in [2.24, 2.45) is 5.92 Å². The number of rotatable bonds is 29. The number of aliphatic hydroxyl groups is 2. The molecule has 6 aromatic rings. The van der Waals surface area contributed by atoms with Crippen LogP contribution < -0.4 is 39.8 Å². The van der Waals surface area contributed by atoms with E-state index in [1.807, 2.05) is 95.9 Å². The molecule has 0 radical (unpaired) electrons. The van der Waals surface area contributed by atoms with Crippen molar-refractivity contribution in [2.75, 3.05) is 126 Å². The van der Waals surface area contributed by atoms with Crippen LogP contribution in [0.15, 0.2) is 91.3 Å². The van der Waals surface area contributed by atoms with Crippen molar-refractivity contribution in [3.63, 3.8) is 0 Å². The Kier molecular flexibility index (Phi) is 23.2. The lowest BCUT2D eigenvalue weighted by Crippen LogP contribution is -2.31.